The lowest BCUT2D eigenvalue weighted by molar-refractivity contribution is -0.143. The molecule has 1 heterocycles. The summed E-state index contributed by atoms with van der Waals surface area (Å²) in [5, 5.41) is 10.1. The van der Waals surface area contributed by atoms with Crippen LogP contribution in [-0.4, -0.2) is 45.8 Å². The molecule has 2 aromatic rings. The molecule has 0 bridgehead atoms. The Balaban J connectivity index is 1.42. The lowest BCUT2D eigenvalue weighted by atomic mass is 9.81. The molecular weight excluding hydrogens is 500 g/mol. The monoisotopic (exact) mass is 538 g/mol. The van der Waals surface area contributed by atoms with E-state index < -0.39 is 5.97 Å². The fourth-order valence-corrected chi connectivity index (χ4v) is 6.03. The van der Waals surface area contributed by atoms with E-state index in [-0.39, 0.29) is 23.8 Å². The van der Waals surface area contributed by atoms with E-state index >= 15 is 0 Å². The van der Waals surface area contributed by atoms with Gasteiger partial charge in [0.15, 0.2) is 0 Å². The van der Waals surface area contributed by atoms with Gasteiger partial charge in [-0.05, 0) is 92.7 Å². The summed E-state index contributed by atoms with van der Waals surface area (Å²) in [6, 6.07) is 14.9. The van der Waals surface area contributed by atoms with Crippen molar-refractivity contribution in [2.75, 3.05) is 13.1 Å². The maximum absolute atomic E-state index is 11.9. The van der Waals surface area contributed by atoms with Gasteiger partial charge in [-0.15, -0.1) is 0 Å². The lowest BCUT2D eigenvalue weighted by Gasteiger charge is -2.35. The summed E-state index contributed by atoms with van der Waals surface area (Å²) < 4.78 is 0. The number of halogens is 1. The van der Waals surface area contributed by atoms with Crippen LogP contribution in [0.15, 0.2) is 42.5 Å². The van der Waals surface area contributed by atoms with Crippen LogP contribution in [-0.2, 0) is 27.3 Å². The van der Waals surface area contributed by atoms with Crippen molar-refractivity contribution in [3.63, 3.8) is 0 Å². The summed E-state index contributed by atoms with van der Waals surface area (Å²) in [4.78, 5) is 39.1. The third-order valence-corrected chi connectivity index (χ3v) is 8.62. The van der Waals surface area contributed by atoms with Crippen LogP contribution in [0.25, 0.3) is 0 Å². The fraction of sp³-hybridized carbons (Fsp3) is 0.516. The average molecular weight is 539 g/mol. The van der Waals surface area contributed by atoms with E-state index in [0.29, 0.717) is 25.3 Å². The van der Waals surface area contributed by atoms with Crippen LogP contribution in [0.4, 0.5) is 0 Å². The van der Waals surface area contributed by atoms with Crippen molar-refractivity contribution >= 4 is 29.4 Å². The molecule has 2 fully saturated rings. The standard InChI is InChI=1S/C31H39ClN2O4/c1-21-18-24(7-8-25(21)4-3-17-34-29(35)15-16-30(34)36)20-33(22(2)26-11-13-28(32)14-12-26)19-23-5-9-27(10-6-23)31(37)38/h7-8,11-14,18,22-23,27H,3-6,9-10,15-17,19-20H2,1-2H3,(H,37,38)/t22-,23-,27-/m0/s1. The molecule has 2 aliphatic rings. The topological polar surface area (TPSA) is 77.9 Å². The molecule has 1 aliphatic carbocycles. The van der Waals surface area contributed by atoms with Crippen molar-refractivity contribution in [3.8, 4) is 0 Å². The second kappa shape index (κ2) is 12.9. The highest BCUT2D eigenvalue weighted by atomic mass is 35.5. The predicted octanol–water partition coefficient (Wildman–Crippen LogP) is 6.18. The molecule has 38 heavy (non-hydrogen) atoms. The molecule has 6 nitrogen and oxygen atoms in total. The number of aryl methyl sites for hydroxylation is 2. The lowest BCUT2D eigenvalue weighted by Crippen LogP contribution is -2.34. The van der Waals surface area contributed by atoms with Crippen molar-refractivity contribution in [1.82, 2.24) is 9.80 Å². The molecule has 1 atom stereocenters. The highest BCUT2D eigenvalue weighted by molar-refractivity contribution is 6.30. The molecule has 1 saturated carbocycles. The summed E-state index contributed by atoms with van der Waals surface area (Å²) in [6.45, 7) is 6.59. The van der Waals surface area contributed by atoms with E-state index in [4.69, 9.17) is 11.6 Å². The van der Waals surface area contributed by atoms with E-state index in [1.807, 2.05) is 12.1 Å². The van der Waals surface area contributed by atoms with Crippen LogP contribution in [0.5, 0.6) is 0 Å². The number of carbonyl (C=O) groups excluding carboxylic acids is 2. The molecule has 204 valence electrons. The van der Waals surface area contributed by atoms with Crippen molar-refractivity contribution in [2.45, 2.75) is 77.8 Å². The van der Waals surface area contributed by atoms with Crippen LogP contribution in [0.1, 0.15) is 80.2 Å². The van der Waals surface area contributed by atoms with E-state index in [1.54, 1.807) is 0 Å². The van der Waals surface area contributed by atoms with E-state index in [0.717, 1.165) is 56.6 Å². The smallest absolute Gasteiger partial charge is 0.306 e. The Morgan fingerprint density at radius 3 is 2.32 bits per heavy atom. The van der Waals surface area contributed by atoms with Crippen LogP contribution >= 0.6 is 11.6 Å². The maximum Gasteiger partial charge on any atom is 0.306 e. The number of nitrogens with zero attached hydrogens (tertiary/aromatic N) is 2. The number of benzene rings is 2. The van der Waals surface area contributed by atoms with E-state index in [1.165, 1.54) is 27.2 Å². The van der Waals surface area contributed by atoms with Crippen molar-refractivity contribution in [2.24, 2.45) is 11.8 Å². The fourth-order valence-electron chi connectivity index (χ4n) is 5.91. The van der Waals surface area contributed by atoms with Gasteiger partial charge in [0, 0.05) is 43.5 Å². The Morgan fingerprint density at radius 2 is 1.71 bits per heavy atom. The first-order chi connectivity index (χ1) is 18.2. The molecule has 0 spiro atoms. The quantitative estimate of drug-likeness (QED) is 0.345. The highest BCUT2D eigenvalue weighted by Crippen LogP contribution is 2.33. The third-order valence-electron chi connectivity index (χ3n) is 8.36. The molecular formula is C31H39ClN2O4. The largest absolute Gasteiger partial charge is 0.481 e. The van der Waals surface area contributed by atoms with Gasteiger partial charge < -0.3 is 5.11 Å². The third kappa shape index (κ3) is 7.23. The van der Waals surface area contributed by atoms with E-state index in [2.05, 4.69) is 49.1 Å². The zero-order chi connectivity index (χ0) is 27.2. The number of aliphatic carboxylic acids is 1. The summed E-state index contributed by atoms with van der Waals surface area (Å²) >= 11 is 6.14. The van der Waals surface area contributed by atoms with E-state index in [9.17, 15) is 19.5 Å². The summed E-state index contributed by atoms with van der Waals surface area (Å²) in [6.07, 6.45) is 5.70. The van der Waals surface area contributed by atoms with Gasteiger partial charge in [-0.3, -0.25) is 24.2 Å². The number of carboxylic acid groups (broad SMARTS) is 1. The van der Waals surface area contributed by atoms with Crippen LogP contribution < -0.4 is 0 Å². The number of likely N-dealkylation sites (tertiary alicyclic amines) is 1. The summed E-state index contributed by atoms with van der Waals surface area (Å²) in [7, 11) is 0. The number of carboxylic acids is 1. The van der Waals surface area contributed by atoms with Gasteiger partial charge in [0.05, 0.1) is 5.92 Å². The average Bonchev–Trinajstić information content (AvgIpc) is 3.22. The SMILES string of the molecule is Cc1cc(CN(C[C@H]2CC[C@H](C(=O)O)CC2)[C@@H](C)c2ccc(Cl)cc2)ccc1CCCN1C(=O)CCC1=O. The Bertz CT molecular complexity index is 1130. The number of hydrogen-bond acceptors (Lipinski definition) is 4. The van der Waals surface area contributed by atoms with Crippen LogP contribution in [0.3, 0.4) is 0 Å². The number of amides is 2. The first kappa shape index (κ1) is 28.3. The van der Waals surface area contributed by atoms with Gasteiger partial charge in [0.2, 0.25) is 11.8 Å². The Hall–Kier alpha value is -2.70. The Morgan fingerprint density at radius 1 is 1.05 bits per heavy atom. The number of hydrogen-bond donors (Lipinski definition) is 1. The van der Waals surface area contributed by atoms with Gasteiger partial charge >= 0.3 is 5.97 Å². The number of rotatable bonds is 11. The first-order valence-electron chi connectivity index (χ1n) is 13.8. The van der Waals surface area contributed by atoms with Crippen molar-refractivity contribution in [3.05, 3.63) is 69.7 Å². The minimum Gasteiger partial charge on any atom is -0.481 e. The molecule has 1 N–H and O–H groups in total. The predicted molar refractivity (Wildman–Crippen MR) is 149 cm³/mol. The van der Waals surface area contributed by atoms with Crippen molar-refractivity contribution < 1.29 is 19.5 Å². The molecule has 2 aromatic carbocycles. The molecule has 7 heteroatoms. The number of imide groups is 1. The summed E-state index contributed by atoms with van der Waals surface area (Å²) in [5.74, 6) is -0.479. The highest BCUT2D eigenvalue weighted by Gasteiger charge is 2.29. The zero-order valence-corrected chi connectivity index (χ0v) is 23.3. The van der Waals surface area contributed by atoms with Gasteiger partial charge in [-0.1, -0.05) is 41.9 Å². The van der Waals surface area contributed by atoms with Crippen LogP contribution in [0, 0.1) is 18.8 Å². The Labute approximate surface area is 231 Å². The molecule has 4 rings (SSSR count). The van der Waals surface area contributed by atoms with Gasteiger partial charge in [-0.2, -0.15) is 0 Å². The normalized spacial score (nSPS) is 20.8. The van der Waals surface area contributed by atoms with Gasteiger partial charge in [0.1, 0.15) is 0 Å². The zero-order valence-electron chi connectivity index (χ0n) is 22.5. The molecule has 0 radical (unpaired) electrons. The van der Waals surface area contributed by atoms with Crippen LogP contribution in [0.2, 0.25) is 5.02 Å². The maximum atomic E-state index is 11.9. The van der Waals surface area contributed by atoms with Crippen molar-refractivity contribution in [1.29, 1.82) is 0 Å². The Kier molecular flexibility index (Phi) is 9.61. The van der Waals surface area contributed by atoms with Gasteiger partial charge in [0.25, 0.3) is 0 Å². The summed E-state index contributed by atoms with van der Waals surface area (Å²) in [5.41, 5.74) is 4.93. The molecule has 0 aromatic heterocycles. The minimum atomic E-state index is -0.663. The second-order valence-electron chi connectivity index (χ2n) is 11.0. The van der Waals surface area contributed by atoms with Gasteiger partial charge in [-0.25, -0.2) is 0 Å². The first-order valence-corrected chi connectivity index (χ1v) is 14.2. The second-order valence-corrected chi connectivity index (χ2v) is 11.5. The molecule has 1 saturated heterocycles. The molecule has 0 unspecified atom stereocenters. The number of carbonyl (C=O) groups is 3. The minimum absolute atomic E-state index is 0.0478. The molecule has 1 aliphatic heterocycles. The molecule has 2 amide bonds.